The minimum absolute atomic E-state index is 0.190. The number of hydrazine groups is 3. The van der Waals surface area contributed by atoms with Crippen LogP contribution in [0.4, 0.5) is 4.79 Å². The monoisotopic (exact) mass is 316 g/mol. The van der Waals surface area contributed by atoms with E-state index in [-0.39, 0.29) is 5.91 Å². The van der Waals surface area contributed by atoms with Gasteiger partial charge in [-0.15, -0.1) is 0 Å². The van der Waals surface area contributed by atoms with Gasteiger partial charge in [-0.3, -0.25) is 10.2 Å². The summed E-state index contributed by atoms with van der Waals surface area (Å²) in [5.41, 5.74) is 20.1. The van der Waals surface area contributed by atoms with E-state index < -0.39 is 6.03 Å². The number of hydrogen-bond donors (Lipinski definition) is 6. The van der Waals surface area contributed by atoms with E-state index in [1.807, 2.05) is 0 Å². The summed E-state index contributed by atoms with van der Waals surface area (Å²) in [6.07, 6.45) is 12.4. The van der Waals surface area contributed by atoms with Gasteiger partial charge in [0.15, 0.2) is 0 Å². The zero-order valence-electron chi connectivity index (χ0n) is 13.5. The Morgan fingerprint density at radius 3 is 1.68 bits per heavy atom. The molecule has 0 aromatic heterocycles. The molecule has 0 bridgehead atoms. The molecular weight excluding hydrogens is 284 g/mol. The minimum Gasteiger partial charge on any atom is -0.370 e. The Hall–Kier alpha value is -1.38. The van der Waals surface area contributed by atoms with Crippen molar-refractivity contribution in [2.75, 3.05) is 6.54 Å². The lowest BCUT2D eigenvalue weighted by Gasteiger charge is -2.08. The van der Waals surface area contributed by atoms with Gasteiger partial charge in [0.25, 0.3) is 0 Å². The number of nitrogens with one attached hydrogen (secondary N) is 4. The summed E-state index contributed by atoms with van der Waals surface area (Å²) in [5, 5.41) is 0. The summed E-state index contributed by atoms with van der Waals surface area (Å²) in [6.45, 7) is 0.827. The van der Waals surface area contributed by atoms with E-state index in [0.29, 0.717) is 6.42 Å². The van der Waals surface area contributed by atoms with E-state index in [9.17, 15) is 9.59 Å². The summed E-state index contributed by atoms with van der Waals surface area (Å²) >= 11 is 0. The fraction of sp³-hybridized carbons (Fsp3) is 0.857. The highest BCUT2D eigenvalue weighted by molar-refractivity contribution is 5.73. The average molecular weight is 316 g/mol. The minimum atomic E-state index is -0.637. The van der Waals surface area contributed by atoms with Gasteiger partial charge < -0.3 is 11.5 Å². The maximum absolute atomic E-state index is 10.5. The Kier molecular flexibility index (Phi) is 15.0. The lowest BCUT2D eigenvalue weighted by molar-refractivity contribution is -0.118. The molecule has 0 aliphatic rings. The summed E-state index contributed by atoms with van der Waals surface area (Å²) < 4.78 is 0. The Balaban J connectivity index is 2.99. The van der Waals surface area contributed by atoms with Gasteiger partial charge in [0.1, 0.15) is 0 Å². The van der Waals surface area contributed by atoms with Gasteiger partial charge in [0.2, 0.25) is 5.91 Å². The molecule has 8 nitrogen and oxygen atoms in total. The summed E-state index contributed by atoms with van der Waals surface area (Å²) in [4.78, 5) is 20.9. The summed E-state index contributed by atoms with van der Waals surface area (Å²) in [7, 11) is 0. The third-order valence-electron chi connectivity index (χ3n) is 3.31. The first-order valence-corrected chi connectivity index (χ1v) is 8.19. The van der Waals surface area contributed by atoms with Crippen LogP contribution in [-0.4, -0.2) is 18.5 Å². The van der Waals surface area contributed by atoms with Crippen LogP contribution in [0.1, 0.15) is 70.6 Å². The van der Waals surface area contributed by atoms with Crippen LogP contribution < -0.4 is 33.4 Å². The maximum Gasteiger partial charge on any atom is 0.327 e. The van der Waals surface area contributed by atoms with Crippen molar-refractivity contribution in [1.29, 1.82) is 0 Å². The number of unbranched alkanes of at least 4 members (excludes halogenated alkanes) is 9. The Morgan fingerprint density at radius 1 is 0.682 bits per heavy atom. The molecule has 0 fully saturated rings. The number of carbonyl (C=O) groups is 2. The number of nitrogens with two attached hydrogens (primary N) is 2. The lowest BCUT2D eigenvalue weighted by atomic mass is 10.1. The van der Waals surface area contributed by atoms with Crippen molar-refractivity contribution in [3.8, 4) is 0 Å². The number of primary amides is 2. The highest BCUT2D eigenvalue weighted by Crippen LogP contribution is 2.10. The first-order chi connectivity index (χ1) is 10.6. The molecule has 130 valence electrons. The van der Waals surface area contributed by atoms with Crippen molar-refractivity contribution in [1.82, 2.24) is 21.9 Å². The van der Waals surface area contributed by atoms with Crippen LogP contribution in [0.3, 0.4) is 0 Å². The number of urea groups is 1. The van der Waals surface area contributed by atoms with Crippen molar-refractivity contribution in [3.05, 3.63) is 0 Å². The molecule has 8 N–H and O–H groups in total. The van der Waals surface area contributed by atoms with Gasteiger partial charge in [0.05, 0.1) is 0 Å². The molecule has 0 saturated carbocycles. The molecule has 0 heterocycles. The molecule has 0 aromatic carbocycles. The number of hydrogen-bond acceptors (Lipinski definition) is 5. The molecule has 0 atom stereocenters. The van der Waals surface area contributed by atoms with E-state index in [1.54, 1.807) is 0 Å². The van der Waals surface area contributed by atoms with Crippen molar-refractivity contribution in [3.63, 3.8) is 0 Å². The van der Waals surface area contributed by atoms with Gasteiger partial charge >= 0.3 is 6.03 Å². The number of carbonyl (C=O) groups excluding carboxylic acids is 2. The lowest BCUT2D eigenvalue weighted by Crippen LogP contribution is -2.54. The first-order valence-electron chi connectivity index (χ1n) is 8.19. The molecule has 0 spiro atoms. The van der Waals surface area contributed by atoms with E-state index in [0.717, 1.165) is 25.8 Å². The second-order valence-electron chi connectivity index (χ2n) is 5.42. The van der Waals surface area contributed by atoms with Gasteiger partial charge in [-0.25, -0.2) is 10.2 Å². The largest absolute Gasteiger partial charge is 0.370 e. The van der Waals surface area contributed by atoms with E-state index in [1.165, 1.54) is 44.9 Å². The molecule has 3 amide bonds. The third kappa shape index (κ3) is 18.6. The molecule has 0 saturated heterocycles. The van der Waals surface area contributed by atoms with E-state index in [4.69, 9.17) is 11.5 Å². The van der Waals surface area contributed by atoms with Gasteiger partial charge in [-0.2, -0.15) is 11.1 Å². The topological polar surface area (TPSA) is 134 Å². The number of amides is 3. The molecular formula is C14H32N6O2. The van der Waals surface area contributed by atoms with E-state index in [2.05, 4.69) is 21.9 Å². The fourth-order valence-electron chi connectivity index (χ4n) is 2.13. The maximum atomic E-state index is 10.5. The molecule has 0 rings (SSSR count). The Morgan fingerprint density at radius 2 is 1.18 bits per heavy atom. The van der Waals surface area contributed by atoms with Gasteiger partial charge in [0, 0.05) is 13.0 Å². The predicted octanol–water partition coefficient (Wildman–Crippen LogP) is 0.945. The van der Waals surface area contributed by atoms with Crippen LogP contribution >= 0.6 is 0 Å². The second-order valence-corrected chi connectivity index (χ2v) is 5.42. The van der Waals surface area contributed by atoms with Gasteiger partial charge in [-0.05, 0) is 12.8 Å². The number of rotatable bonds is 16. The second kappa shape index (κ2) is 16.0. The average Bonchev–Trinajstić information content (AvgIpc) is 2.46. The van der Waals surface area contributed by atoms with Crippen LogP contribution in [0.25, 0.3) is 0 Å². The smallest absolute Gasteiger partial charge is 0.327 e. The Labute approximate surface area is 133 Å². The van der Waals surface area contributed by atoms with Crippen LogP contribution in [-0.2, 0) is 4.79 Å². The van der Waals surface area contributed by atoms with Crippen LogP contribution in [0.15, 0.2) is 0 Å². The molecule has 22 heavy (non-hydrogen) atoms. The van der Waals surface area contributed by atoms with Crippen LogP contribution in [0.5, 0.6) is 0 Å². The quantitative estimate of drug-likeness (QED) is 0.186. The highest BCUT2D eigenvalue weighted by atomic mass is 16.2. The highest BCUT2D eigenvalue weighted by Gasteiger charge is 1.95. The summed E-state index contributed by atoms with van der Waals surface area (Å²) in [6, 6.07) is -0.637. The van der Waals surface area contributed by atoms with Crippen LogP contribution in [0, 0.1) is 0 Å². The fourth-order valence-corrected chi connectivity index (χ4v) is 2.13. The Bertz CT molecular complexity index is 261. The SMILES string of the molecule is NC(=O)CCCCCCCCCCCCNNNNC(N)=O. The van der Waals surface area contributed by atoms with E-state index >= 15 is 0 Å². The standard InChI is InChI=1S/C14H32N6O2/c15-13(21)11-9-7-5-3-1-2-4-6-8-10-12-17-19-20-18-14(16)22/h17,19-20H,1-12H2,(H2,15,21)(H3,16,18,22). The molecule has 0 aliphatic heterocycles. The third-order valence-corrected chi connectivity index (χ3v) is 3.31. The molecule has 0 radical (unpaired) electrons. The molecule has 0 unspecified atom stereocenters. The molecule has 0 aromatic rings. The normalized spacial score (nSPS) is 10.5. The van der Waals surface area contributed by atoms with Crippen molar-refractivity contribution < 1.29 is 9.59 Å². The van der Waals surface area contributed by atoms with Crippen LogP contribution in [0.2, 0.25) is 0 Å². The summed E-state index contributed by atoms with van der Waals surface area (Å²) in [5.74, 6) is -0.190. The molecule has 8 heteroatoms. The van der Waals surface area contributed by atoms with Crippen molar-refractivity contribution in [2.45, 2.75) is 70.6 Å². The van der Waals surface area contributed by atoms with Crippen molar-refractivity contribution in [2.24, 2.45) is 11.5 Å². The molecule has 0 aliphatic carbocycles. The van der Waals surface area contributed by atoms with Gasteiger partial charge in [-0.1, -0.05) is 51.4 Å². The first kappa shape index (κ1) is 20.6. The zero-order valence-corrected chi connectivity index (χ0v) is 13.5. The predicted molar refractivity (Wildman–Crippen MR) is 87.0 cm³/mol. The van der Waals surface area contributed by atoms with Crippen molar-refractivity contribution >= 4 is 11.9 Å². The zero-order chi connectivity index (χ0) is 16.5.